The Bertz CT molecular complexity index is 431. The average molecular weight is 193 g/mol. The van der Waals surface area contributed by atoms with Gasteiger partial charge in [-0.15, -0.1) is 0 Å². The van der Waals surface area contributed by atoms with Crippen LogP contribution in [0.25, 0.3) is 11.0 Å². The van der Waals surface area contributed by atoms with E-state index in [-0.39, 0.29) is 0 Å². The van der Waals surface area contributed by atoms with Gasteiger partial charge >= 0.3 is 0 Å². The zero-order chi connectivity index (χ0) is 9.10. The highest BCUT2D eigenvalue weighted by Gasteiger charge is 1.97. The first-order chi connectivity index (χ1) is 6.42. The van der Waals surface area contributed by atoms with E-state index >= 15 is 0 Å². The van der Waals surface area contributed by atoms with Crippen LogP contribution in [0, 0.1) is 0 Å². The zero-order valence-corrected chi connectivity index (χ0v) is 7.78. The molecule has 0 unspecified atom stereocenters. The van der Waals surface area contributed by atoms with Crippen LogP contribution in [-0.2, 0) is 6.54 Å². The number of rotatable bonds is 2. The number of para-hydroxylation sites is 2. The molecular weight excluding hydrogens is 184 g/mol. The Balaban J connectivity index is 2.45. The molecule has 2 nitrogen and oxygen atoms in total. The van der Waals surface area contributed by atoms with Gasteiger partial charge in [0.2, 0.25) is 0 Å². The molecule has 0 bridgehead atoms. The van der Waals surface area contributed by atoms with E-state index < -0.39 is 0 Å². The highest BCUT2D eigenvalue weighted by Crippen LogP contribution is 2.11. The minimum atomic E-state index is 0.768. The molecule has 0 spiro atoms. The molecular formula is C10H9ClN2. The predicted octanol–water partition coefficient (Wildman–Crippen LogP) is 2.79. The molecule has 0 aliphatic heterocycles. The number of nitrogens with zero attached hydrogens (tertiary/aromatic N) is 2. The molecule has 0 atom stereocenters. The lowest BCUT2D eigenvalue weighted by Gasteiger charge is -1.97. The van der Waals surface area contributed by atoms with E-state index in [1.54, 1.807) is 0 Å². The summed E-state index contributed by atoms with van der Waals surface area (Å²) in [7, 11) is 0. The molecule has 0 saturated heterocycles. The quantitative estimate of drug-likeness (QED) is 0.716. The van der Waals surface area contributed by atoms with Gasteiger partial charge in [-0.3, -0.25) is 0 Å². The molecule has 3 heteroatoms. The second-order valence-electron chi connectivity index (χ2n) is 2.75. The van der Waals surface area contributed by atoms with Gasteiger partial charge in [0.25, 0.3) is 0 Å². The Hall–Kier alpha value is -1.28. The summed E-state index contributed by atoms with van der Waals surface area (Å²) >= 11 is 5.46. The van der Waals surface area contributed by atoms with Gasteiger partial charge in [-0.2, -0.15) is 0 Å². The Morgan fingerprint density at radius 3 is 3.08 bits per heavy atom. The molecule has 0 fully saturated rings. The van der Waals surface area contributed by atoms with Crippen molar-refractivity contribution in [2.45, 2.75) is 6.54 Å². The molecule has 1 aromatic heterocycles. The van der Waals surface area contributed by atoms with Gasteiger partial charge in [-0.05, 0) is 12.1 Å². The first-order valence-electron chi connectivity index (χ1n) is 4.07. The van der Waals surface area contributed by atoms with Gasteiger partial charge in [0.05, 0.1) is 17.4 Å². The molecule has 0 amide bonds. The molecule has 0 aliphatic carbocycles. The van der Waals surface area contributed by atoms with Gasteiger partial charge in [-0.1, -0.05) is 29.8 Å². The monoisotopic (exact) mass is 192 g/mol. The number of imidazole rings is 1. The highest BCUT2D eigenvalue weighted by molar-refractivity contribution is 6.25. The van der Waals surface area contributed by atoms with E-state index in [2.05, 4.69) is 4.98 Å². The van der Waals surface area contributed by atoms with Crippen molar-refractivity contribution in [2.24, 2.45) is 0 Å². The third-order valence-corrected chi connectivity index (χ3v) is 2.10. The van der Waals surface area contributed by atoms with E-state index in [1.807, 2.05) is 41.2 Å². The van der Waals surface area contributed by atoms with Crippen molar-refractivity contribution in [3.8, 4) is 0 Å². The van der Waals surface area contributed by atoms with Crippen molar-refractivity contribution in [2.75, 3.05) is 0 Å². The van der Waals surface area contributed by atoms with Crippen molar-refractivity contribution < 1.29 is 0 Å². The molecule has 66 valence electrons. The average Bonchev–Trinajstić information content (AvgIpc) is 2.58. The summed E-state index contributed by atoms with van der Waals surface area (Å²) in [5, 5.41) is 0. The maximum atomic E-state index is 5.46. The Morgan fingerprint density at radius 2 is 2.23 bits per heavy atom. The van der Waals surface area contributed by atoms with E-state index in [1.165, 1.54) is 5.54 Å². The van der Waals surface area contributed by atoms with Gasteiger partial charge in [0.1, 0.15) is 0 Å². The number of halogens is 1. The number of hydrogen-bond donors (Lipinski definition) is 0. The summed E-state index contributed by atoms with van der Waals surface area (Å²) in [6.07, 6.45) is 3.71. The Labute approximate surface area is 81.5 Å². The molecule has 0 N–H and O–H groups in total. The normalized spacial score (nSPS) is 11.5. The highest BCUT2D eigenvalue weighted by atomic mass is 35.5. The van der Waals surface area contributed by atoms with Crippen molar-refractivity contribution in [1.82, 2.24) is 9.55 Å². The van der Waals surface area contributed by atoms with Crippen LogP contribution in [0.3, 0.4) is 0 Å². The van der Waals surface area contributed by atoms with Crippen molar-refractivity contribution >= 4 is 22.6 Å². The molecule has 0 saturated carbocycles. The summed E-state index contributed by atoms with van der Waals surface area (Å²) in [6.45, 7) is 0.768. The number of fused-ring (bicyclic) bond motifs is 1. The van der Waals surface area contributed by atoms with Gasteiger partial charge in [-0.25, -0.2) is 4.98 Å². The lowest BCUT2D eigenvalue weighted by molar-refractivity contribution is 0.850. The van der Waals surface area contributed by atoms with Crippen LogP contribution in [0.5, 0.6) is 0 Å². The second-order valence-corrected chi connectivity index (χ2v) is 3.00. The summed E-state index contributed by atoms with van der Waals surface area (Å²) in [4.78, 5) is 4.26. The zero-order valence-electron chi connectivity index (χ0n) is 7.02. The number of benzene rings is 1. The largest absolute Gasteiger partial charge is 0.327 e. The van der Waals surface area contributed by atoms with Crippen LogP contribution in [0.4, 0.5) is 0 Å². The first-order valence-corrected chi connectivity index (χ1v) is 4.50. The van der Waals surface area contributed by atoms with Gasteiger partial charge < -0.3 is 4.57 Å². The van der Waals surface area contributed by atoms with Crippen LogP contribution in [0.15, 0.2) is 42.2 Å². The number of hydrogen-bond acceptors (Lipinski definition) is 1. The SMILES string of the molecule is Cl/C=C/Cn1cnc2ccccc21. The van der Waals surface area contributed by atoms with Gasteiger partial charge in [0.15, 0.2) is 0 Å². The van der Waals surface area contributed by atoms with Crippen molar-refractivity contribution in [3.05, 3.63) is 42.2 Å². The fraction of sp³-hybridized carbons (Fsp3) is 0.100. The van der Waals surface area contributed by atoms with E-state index in [9.17, 15) is 0 Å². The minimum Gasteiger partial charge on any atom is -0.327 e. The first kappa shape index (κ1) is 8.32. The van der Waals surface area contributed by atoms with Gasteiger partial charge in [0, 0.05) is 12.1 Å². The van der Waals surface area contributed by atoms with Crippen molar-refractivity contribution in [1.29, 1.82) is 0 Å². The van der Waals surface area contributed by atoms with E-state index in [0.29, 0.717) is 0 Å². The molecule has 1 heterocycles. The maximum absolute atomic E-state index is 5.46. The maximum Gasteiger partial charge on any atom is 0.0961 e. The summed E-state index contributed by atoms with van der Waals surface area (Å²) < 4.78 is 2.05. The molecule has 13 heavy (non-hydrogen) atoms. The fourth-order valence-electron chi connectivity index (χ4n) is 1.31. The van der Waals surface area contributed by atoms with Crippen LogP contribution in [0.2, 0.25) is 0 Å². The third kappa shape index (κ3) is 1.58. The Morgan fingerprint density at radius 1 is 1.38 bits per heavy atom. The molecule has 0 aliphatic rings. The lowest BCUT2D eigenvalue weighted by Crippen LogP contribution is -1.91. The predicted molar refractivity (Wildman–Crippen MR) is 54.7 cm³/mol. The summed E-state index contributed by atoms with van der Waals surface area (Å²) in [5.41, 5.74) is 3.68. The molecule has 2 aromatic rings. The Kier molecular flexibility index (Phi) is 2.32. The van der Waals surface area contributed by atoms with Crippen LogP contribution in [0.1, 0.15) is 0 Å². The summed E-state index contributed by atoms with van der Waals surface area (Å²) in [5.74, 6) is 0. The molecule has 2 rings (SSSR count). The number of allylic oxidation sites excluding steroid dienone is 1. The van der Waals surface area contributed by atoms with Crippen molar-refractivity contribution in [3.63, 3.8) is 0 Å². The minimum absolute atomic E-state index is 0.768. The molecule has 0 radical (unpaired) electrons. The molecule has 1 aromatic carbocycles. The van der Waals surface area contributed by atoms with E-state index in [4.69, 9.17) is 11.6 Å². The smallest absolute Gasteiger partial charge is 0.0961 e. The third-order valence-electron chi connectivity index (χ3n) is 1.92. The lowest BCUT2D eigenvalue weighted by atomic mass is 10.3. The second kappa shape index (κ2) is 3.62. The topological polar surface area (TPSA) is 17.8 Å². The fourth-order valence-corrected chi connectivity index (χ4v) is 1.39. The van der Waals surface area contributed by atoms with E-state index in [0.717, 1.165) is 17.6 Å². The number of aromatic nitrogens is 2. The standard InChI is InChI=1S/C10H9ClN2/c11-6-3-7-13-8-12-9-4-1-2-5-10(9)13/h1-6,8H,7H2/b6-3+. The van der Waals surface area contributed by atoms with Crippen LogP contribution >= 0.6 is 11.6 Å². The summed E-state index contributed by atoms with van der Waals surface area (Å²) in [6, 6.07) is 8.03. The van der Waals surface area contributed by atoms with Crippen LogP contribution in [-0.4, -0.2) is 9.55 Å². The van der Waals surface area contributed by atoms with Crippen LogP contribution < -0.4 is 0 Å².